The van der Waals surface area contributed by atoms with Crippen LogP contribution in [0.25, 0.3) is 22.4 Å². The molecule has 2 aromatic carbocycles. The third-order valence-corrected chi connectivity index (χ3v) is 6.03. The summed E-state index contributed by atoms with van der Waals surface area (Å²) in [5, 5.41) is 6.76. The van der Waals surface area contributed by atoms with E-state index in [0.717, 1.165) is 0 Å². The molecule has 158 valence electrons. The minimum atomic E-state index is -3.70. The monoisotopic (exact) mass is 439 g/mol. The molecule has 0 aliphatic carbocycles. The number of carbonyl (C=O) groups is 1. The van der Waals surface area contributed by atoms with Crippen LogP contribution in [0, 0.1) is 5.82 Å². The van der Waals surface area contributed by atoms with E-state index in [1.54, 1.807) is 31.5 Å². The van der Waals surface area contributed by atoms with Gasteiger partial charge >= 0.3 is 0 Å². The first-order valence-electron chi connectivity index (χ1n) is 9.48. The molecule has 4 rings (SSSR count). The van der Waals surface area contributed by atoms with Crippen LogP contribution in [0.2, 0.25) is 0 Å². The van der Waals surface area contributed by atoms with Gasteiger partial charge in [0, 0.05) is 11.8 Å². The van der Waals surface area contributed by atoms with Gasteiger partial charge in [0.1, 0.15) is 11.4 Å². The van der Waals surface area contributed by atoms with E-state index < -0.39 is 21.6 Å². The molecule has 8 nitrogen and oxygen atoms in total. The molecule has 0 aliphatic heterocycles. The van der Waals surface area contributed by atoms with Crippen molar-refractivity contribution in [1.29, 1.82) is 0 Å². The first-order valence-corrected chi connectivity index (χ1v) is 11.1. The minimum absolute atomic E-state index is 0.147. The molecule has 0 fully saturated rings. The van der Waals surface area contributed by atoms with Crippen LogP contribution in [0.15, 0.2) is 54.9 Å². The number of sulfonamides is 1. The van der Waals surface area contributed by atoms with Crippen LogP contribution in [-0.4, -0.2) is 40.1 Å². The van der Waals surface area contributed by atoms with E-state index >= 15 is 0 Å². The number of hydrogen-bond acceptors (Lipinski definition) is 6. The summed E-state index contributed by atoms with van der Waals surface area (Å²) in [7, 11) is -3.70. The Kier molecular flexibility index (Phi) is 5.47. The number of anilines is 1. The molecular weight excluding hydrogens is 421 g/mol. The zero-order chi connectivity index (χ0) is 22.0. The van der Waals surface area contributed by atoms with E-state index in [1.165, 1.54) is 30.3 Å². The van der Waals surface area contributed by atoms with Crippen molar-refractivity contribution in [2.24, 2.45) is 0 Å². The Hall–Kier alpha value is -3.66. The first kappa shape index (κ1) is 20.6. The average Bonchev–Trinajstić information content (AvgIpc) is 3.29. The van der Waals surface area contributed by atoms with Crippen molar-refractivity contribution in [1.82, 2.24) is 20.2 Å². The Morgan fingerprint density at radius 1 is 1.13 bits per heavy atom. The Bertz CT molecular complexity index is 1370. The van der Waals surface area contributed by atoms with Crippen molar-refractivity contribution in [3.8, 4) is 11.4 Å². The number of ketones is 1. The zero-order valence-electron chi connectivity index (χ0n) is 16.5. The number of benzene rings is 2. The lowest BCUT2D eigenvalue weighted by molar-refractivity contribution is 0.103. The quantitative estimate of drug-likeness (QED) is 0.425. The van der Waals surface area contributed by atoms with Gasteiger partial charge in [0.2, 0.25) is 10.0 Å². The summed E-state index contributed by atoms with van der Waals surface area (Å²) in [5.41, 5.74) is 1.84. The van der Waals surface area contributed by atoms with Crippen molar-refractivity contribution < 1.29 is 17.6 Å². The molecule has 0 unspecified atom stereocenters. The average molecular weight is 439 g/mol. The van der Waals surface area contributed by atoms with Crippen molar-refractivity contribution in [3.05, 3.63) is 71.8 Å². The number of carbonyl (C=O) groups excluding carboxylic acids is 1. The van der Waals surface area contributed by atoms with Crippen LogP contribution < -0.4 is 4.72 Å². The largest absolute Gasteiger partial charge is 0.288 e. The summed E-state index contributed by atoms with van der Waals surface area (Å²) in [4.78, 5) is 21.8. The number of H-pyrrole nitrogens is 1. The normalized spacial score (nSPS) is 11.5. The predicted octanol–water partition coefficient (Wildman–Crippen LogP) is 3.54. The van der Waals surface area contributed by atoms with E-state index in [0.29, 0.717) is 28.8 Å². The molecular formula is C21H18FN5O3S. The number of halogens is 1. The molecule has 31 heavy (non-hydrogen) atoms. The van der Waals surface area contributed by atoms with Gasteiger partial charge in [-0.2, -0.15) is 5.10 Å². The van der Waals surface area contributed by atoms with Crippen LogP contribution in [0.5, 0.6) is 0 Å². The van der Waals surface area contributed by atoms with Gasteiger partial charge in [0.15, 0.2) is 11.6 Å². The topological polar surface area (TPSA) is 118 Å². The van der Waals surface area contributed by atoms with Crippen LogP contribution in [0.4, 0.5) is 10.1 Å². The molecule has 2 aromatic heterocycles. The predicted molar refractivity (Wildman–Crippen MR) is 115 cm³/mol. The van der Waals surface area contributed by atoms with E-state index in [4.69, 9.17) is 0 Å². The van der Waals surface area contributed by atoms with Gasteiger partial charge in [-0.25, -0.2) is 17.8 Å². The Morgan fingerprint density at radius 2 is 1.97 bits per heavy atom. The van der Waals surface area contributed by atoms with Gasteiger partial charge in [-0.15, -0.1) is 0 Å². The van der Waals surface area contributed by atoms with Crippen molar-refractivity contribution in [3.63, 3.8) is 0 Å². The maximum absolute atomic E-state index is 15.0. The van der Waals surface area contributed by atoms with Gasteiger partial charge in [-0.1, -0.05) is 13.0 Å². The first-order chi connectivity index (χ1) is 14.9. The fourth-order valence-corrected chi connectivity index (χ4v) is 4.24. The van der Waals surface area contributed by atoms with E-state index in [2.05, 4.69) is 24.9 Å². The number of hydrogen-bond donors (Lipinski definition) is 2. The van der Waals surface area contributed by atoms with Gasteiger partial charge in [0.05, 0.1) is 34.2 Å². The molecule has 0 atom stereocenters. The van der Waals surface area contributed by atoms with Gasteiger partial charge < -0.3 is 0 Å². The fourth-order valence-electron chi connectivity index (χ4n) is 3.11. The van der Waals surface area contributed by atoms with E-state index in [-0.39, 0.29) is 22.6 Å². The Balaban J connectivity index is 1.70. The zero-order valence-corrected chi connectivity index (χ0v) is 17.3. The summed E-state index contributed by atoms with van der Waals surface area (Å²) in [6, 6.07) is 10.4. The SMILES string of the molecule is CCCS(=O)(=O)Nc1cccc(C(=O)c2ccc3ncc(-c4cc[nH]n4)nc3c2)c1F. The summed E-state index contributed by atoms with van der Waals surface area (Å²) < 4.78 is 41.1. The van der Waals surface area contributed by atoms with Crippen LogP contribution in [-0.2, 0) is 10.0 Å². The minimum Gasteiger partial charge on any atom is -0.288 e. The van der Waals surface area contributed by atoms with Crippen LogP contribution in [0.3, 0.4) is 0 Å². The fraction of sp³-hybridized carbons (Fsp3) is 0.143. The second-order valence-corrected chi connectivity index (χ2v) is 8.68. The number of nitrogens with zero attached hydrogens (tertiary/aromatic N) is 3. The lowest BCUT2D eigenvalue weighted by Gasteiger charge is -2.11. The van der Waals surface area contributed by atoms with Crippen LogP contribution in [0.1, 0.15) is 29.3 Å². The molecule has 0 saturated carbocycles. The third-order valence-electron chi connectivity index (χ3n) is 4.55. The molecule has 0 amide bonds. The van der Waals surface area contributed by atoms with Crippen molar-refractivity contribution >= 4 is 32.5 Å². The molecule has 4 aromatic rings. The van der Waals surface area contributed by atoms with Gasteiger partial charge in [-0.3, -0.25) is 19.6 Å². The lowest BCUT2D eigenvalue weighted by Crippen LogP contribution is -2.18. The second kappa shape index (κ2) is 8.23. The van der Waals surface area contributed by atoms with Crippen molar-refractivity contribution in [2.45, 2.75) is 13.3 Å². The lowest BCUT2D eigenvalue weighted by atomic mass is 10.0. The number of aromatic amines is 1. The molecule has 0 spiro atoms. The summed E-state index contributed by atoms with van der Waals surface area (Å²) in [6.45, 7) is 1.70. The third kappa shape index (κ3) is 4.29. The number of fused-ring (bicyclic) bond motifs is 1. The summed E-state index contributed by atoms with van der Waals surface area (Å²) >= 11 is 0. The standard InChI is InChI=1S/C21H18FN5O3S/c1-2-10-31(29,30)27-17-5-3-4-14(20(17)22)21(28)13-6-7-15-18(11-13)25-19(12-23-15)16-8-9-24-26-16/h3-9,11-12,27H,2,10H2,1H3,(H,24,26). The maximum atomic E-state index is 15.0. The Morgan fingerprint density at radius 3 is 2.71 bits per heavy atom. The molecule has 2 N–H and O–H groups in total. The van der Waals surface area contributed by atoms with Gasteiger partial charge in [0.25, 0.3) is 0 Å². The molecule has 10 heteroatoms. The molecule has 0 aliphatic rings. The highest BCUT2D eigenvalue weighted by Crippen LogP contribution is 2.24. The Labute approximate surface area is 177 Å². The number of nitrogens with one attached hydrogen (secondary N) is 2. The molecule has 0 radical (unpaired) electrons. The molecule has 0 saturated heterocycles. The number of aromatic nitrogens is 4. The van der Waals surface area contributed by atoms with Crippen LogP contribution >= 0.6 is 0 Å². The molecule has 0 bridgehead atoms. The smallest absolute Gasteiger partial charge is 0.232 e. The van der Waals surface area contributed by atoms with Crippen molar-refractivity contribution in [2.75, 3.05) is 10.5 Å². The maximum Gasteiger partial charge on any atom is 0.232 e. The van der Waals surface area contributed by atoms with Gasteiger partial charge in [-0.05, 0) is 42.8 Å². The summed E-state index contributed by atoms with van der Waals surface area (Å²) in [5.74, 6) is -1.67. The summed E-state index contributed by atoms with van der Waals surface area (Å²) in [6.07, 6.45) is 3.62. The highest BCUT2D eigenvalue weighted by atomic mass is 32.2. The molecule has 2 heterocycles. The highest BCUT2D eigenvalue weighted by Gasteiger charge is 2.20. The number of rotatable bonds is 7. The second-order valence-electron chi connectivity index (χ2n) is 6.84. The highest BCUT2D eigenvalue weighted by molar-refractivity contribution is 7.92. The van der Waals surface area contributed by atoms with E-state index in [9.17, 15) is 17.6 Å². The van der Waals surface area contributed by atoms with E-state index in [1.807, 2.05) is 0 Å².